The number of anilines is 1. The molecule has 3 aliphatic heterocycles. The number of carboxylic acid groups (broad SMARTS) is 1. The third-order valence-electron chi connectivity index (χ3n) is 8.68. The summed E-state index contributed by atoms with van der Waals surface area (Å²) in [4.78, 5) is 19.9. The van der Waals surface area contributed by atoms with Crippen LogP contribution in [0.1, 0.15) is 76.3 Å². The second kappa shape index (κ2) is 11.7. The minimum atomic E-state index is -1.19. The highest BCUT2D eigenvalue weighted by Crippen LogP contribution is 2.41. The Morgan fingerprint density at radius 3 is 2.66 bits per heavy atom. The molecule has 10 heteroatoms. The molecule has 44 heavy (non-hydrogen) atoms. The number of aromatic nitrogens is 5. The molecule has 1 atom stereocenters. The first kappa shape index (κ1) is 29.9. The molecule has 232 valence electrons. The van der Waals surface area contributed by atoms with Crippen molar-refractivity contribution in [2.45, 2.75) is 78.6 Å². The molecule has 1 saturated heterocycles. The summed E-state index contributed by atoms with van der Waals surface area (Å²) in [5.74, 6) is 0.543. The van der Waals surface area contributed by atoms with Gasteiger partial charge in [0.05, 0.1) is 29.6 Å². The number of piperidine rings is 1. The summed E-state index contributed by atoms with van der Waals surface area (Å²) in [5.41, 5.74) is 3.95. The lowest BCUT2D eigenvalue weighted by molar-refractivity contribution is -0.160. The molecule has 3 aliphatic rings. The second-order valence-corrected chi connectivity index (χ2v) is 13.3. The van der Waals surface area contributed by atoms with Crippen molar-refractivity contribution in [3.8, 4) is 17.0 Å². The average Bonchev–Trinajstić information content (AvgIpc) is 3.60. The molecule has 1 N–H and O–H groups in total. The van der Waals surface area contributed by atoms with Gasteiger partial charge in [0.25, 0.3) is 0 Å². The molecular formula is C34H42N6O4. The first-order chi connectivity index (χ1) is 21.0. The number of para-hydroxylation sites is 1. The standard InChI is InChI=1S/C34H42N6O4/c1-23-29(30(32(41)42)44-33(2,3)4)31-38-16-14-34(5,15-17-38)13-9-6-10-18-43-27-12-8-7-11-24(27)21-39-22-25(20-35-39)26-19-28(36-23)40(31)37-26/h6-8,10-12,19-20,22,30H,9,13-18,21H2,1-5H3,(H,41,42). The summed E-state index contributed by atoms with van der Waals surface area (Å²) in [5, 5.41) is 20.1. The zero-order valence-electron chi connectivity index (χ0n) is 26.3. The fourth-order valence-corrected chi connectivity index (χ4v) is 6.25. The van der Waals surface area contributed by atoms with Gasteiger partial charge in [0, 0.05) is 42.2 Å². The number of ether oxygens (including phenoxy) is 2. The maximum atomic E-state index is 12.7. The third-order valence-corrected chi connectivity index (χ3v) is 8.68. The van der Waals surface area contributed by atoms with E-state index in [0.29, 0.717) is 30.1 Å². The number of hydrogen-bond acceptors (Lipinski definition) is 7. The van der Waals surface area contributed by atoms with Crippen molar-refractivity contribution in [1.82, 2.24) is 24.4 Å². The van der Waals surface area contributed by atoms with Crippen LogP contribution in [0.15, 0.2) is 54.9 Å². The van der Waals surface area contributed by atoms with Crippen molar-refractivity contribution in [2.75, 3.05) is 24.6 Å². The van der Waals surface area contributed by atoms with Gasteiger partial charge >= 0.3 is 5.97 Å². The Labute approximate surface area is 258 Å². The Morgan fingerprint density at radius 2 is 1.91 bits per heavy atom. The van der Waals surface area contributed by atoms with Crippen LogP contribution >= 0.6 is 0 Å². The summed E-state index contributed by atoms with van der Waals surface area (Å²) in [6.07, 6.45) is 10.9. The molecule has 0 radical (unpaired) electrons. The predicted molar refractivity (Wildman–Crippen MR) is 169 cm³/mol. The smallest absolute Gasteiger partial charge is 0.337 e. The summed E-state index contributed by atoms with van der Waals surface area (Å²) in [6.45, 7) is 12.5. The van der Waals surface area contributed by atoms with E-state index in [1.165, 1.54) is 0 Å². The molecule has 3 aromatic heterocycles. The van der Waals surface area contributed by atoms with Crippen molar-refractivity contribution >= 4 is 17.4 Å². The van der Waals surface area contributed by atoms with Crippen LogP contribution in [0, 0.1) is 12.3 Å². The number of carboxylic acids is 1. The van der Waals surface area contributed by atoms with Crippen LogP contribution in [0.4, 0.5) is 5.82 Å². The Bertz CT molecular complexity index is 1690. The van der Waals surface area contributed by atoms with Gasteiger partial charge in [0.2, 0.25) is 0 Å². The summed E-state index contributed by atoms with van der Waals surface area (Å²) < 4.78 is 16.0. The maximum absolute atomic E-state index is 12.7. The Balaban J connectivity index is 1.49. The van der Waals surface area contributed by atoms with Crippen LogP contribution in [0.25, 0.3) is 16.9 Å². The van der Waals surface area contributed by atoms with E-state index < -0.39 is 17.7 Å². The van der Waals surface area contributed by atoms with Crippen molar-refractivity contribution in [2.24, 2.45) is 5.41 Å². The fourth-order valence-electron chi connectivity index (χ4n) is 6.25. The van der Waals surface area contributed by atoms with Gasteiger partial charge in [-0.15, -0.1) is 0 Å². The SMILES string of the molecule is Cc1nc2cc3nn2c(c1C(OC(C)(C)C)C(=O)O)N1CCC(C)(CCC=CCOc2ccccc2Cn2cc-3cn2)CC1. The largest absolute Gasteiger partial charge is 0.489 e. The molecular weight excluding hydrogens is 556 g/mol. The van der Waals surface area contributed by atoms with E-state index in [0.717, 1.165) is 67.2 Å². The van der Waals surface area contributed by atoms with E-state index in [1.807, 2.05) is 67.4 Å². The van der Waals surface area contributed by atoms with Gasteiger partial charge in [0.1, 0.15) is 18.2 Å². The van der Waals surface area contributed by atoms with E-state index in [1.54, 1.807) is 6.20 Å². The number of fused-ring (bicyclic) bond motifs is 6. The second-order valence-electron chi connectivity index (χ2n) is 13.3. The highest BCUT2D eigenvalue weighted by atomic mass is 16.5. The van der Waals surface area contributed by atoms with Crippen LogP contribution in [0.5, 0.6) is 5.75 Å². The average molecular weight is 599 g/mol. The minimum Gasteiger partial charge on any atom is -0.489 e. The molecule has 0 amide bonds. The molecule has 10 nitrogen and oxygen atoms in total. The van der Waals surface area contributed by atoms with Crippen molar-refractivity contribution in [3.05, 3.63) is 71.7 Å². The van der Waals surface area contributed by atoms with Crippen LogP contribution in [-0.4, -0.2) is 60.8 Å². The van der Waals surface area contributed by atoms with Gasteiger partial charge in [0.15, 0.2) is 11.8 Å². The van der Waals surface area contributed by atoms with E-state index in [-0.39, 0.29) is 5.41 Å². The zero-order valence-corrected chi connectivity index (χ0v) is 26.3. The van der Waals surface area contributed by atoms with Gasteiger partial charge < -0.3 is 19.5 Å². The molecule has 4 aromatic rings. The fraction of sp³-hybridized carbons (Fsp3) is 0.471. The van der Waals surface area contributed by atoms with Crippen molar-refractivity contribution in [1.29, 1.82) is 0 Å². The van der Waals surface area contributed by atoms with Gasteiger partial charge in [-0.1, -0.05) is 37.3 Å². The number of allylic oxidation sites excluding steroid dienone is 1. The van der Waals surface area contributed by atoms with Crippen LogP contribution in [0.2, 0.25) is 0 Å². The Kier molecular flexibility index (Phi) is 7.96. The van der Waals surface area contributed by atoms with Crippen LogP contribution < -0.4 is 9.64 Å². The monoisotopic (exact) mass is 598 g/mol. The number of rotatable bonds is 3. The van der Waals surface area contributed by atoms with E-state index in [2.05, 4.69) is 35.1 Å². The number of carbonyl (C=O) groups is 1. The number of nitrogens with zero attached hydrogens (tertiary/aromatic N) is 6. The van der Waals surface area contributed by atoms with Gasteiger partial charge in [-0.05, 0) is 64.9 Å². The highest BCUT2D eigenvalue weighted by molar-refractivity contribution is 5.79. The minimum absolute atomic E-state index is 0.175. The molecule has 0 aliphatic carbocycles. The summed E-state index contributed by atoms with van der Waals surface area (Å²) >= 11 is 0. The Morgan fingerprint density at radius 1 is 1.14 bits per heavy atom. The quantitative estimate of drug-likeness (QED) is 0.277. The molecule has 7 rings (SSSR count). The summed E-state index contributed by atoms with van der Waals surface area (Å²) in [7, 11) is 0. The Hall–Kier alpha value is -4.18. The number of hydrogen-bond donors (Lipinski definition) is 1. The van der Waals surface area contributed by atoms with E-state index in [4.69, 9.17) is 19.6 Å². The van der Waals surface area contributed by atoms with Gasteiger partial charge in [-0.2, -0.15) is 14.7 Å². The van der Waals surface area contributed by atoms with Crippen molar-refractivity contribution in [3.63, 3.8) is 0 Å². The first-order valence-corrected chi connectivity index (χ1v) is 15.4. The van der Waals surface area contributed by atoms with E-state index in [9.17, 15) is 9.90 Å². The van der Waals surface area contributed by atoms with Crippen LogP contribution in [0.3, 0.4) is 0 Å². The van der Waals surface area contributed by atoms with Crippen molar-refractivity contribution < 1.29 is 19.4 Å². The molecule has 1 unspecified atom stereocenters. The zero-order chi connectivity index (χ0) is 31.1. The number of aliphatic carboxylic acids is 1. The van der Waals surface area contributed by atoms with Gasteiger partial charge in [-0.25, -0.2) is 9.78 Å². The molecule has 1 fully saturated rings. The maximum Gasteiger partial charge on any atom is 0.337 e. The first-order valence-electron chi connectivity index (χ1n) is 15.4. The molecule has 6 bridgehead atoms. The lowest BCUT2D eigenvalue weighted by atomic mass is 9.76. The normalized spacial score (nSPS) is 17.8. The van der Waals surface area contributed by atoms with Gasteiger partial charge in [-0.3, -0.25) is 4.68 Å². The summed E-state index contributed by atoms with van der Waals surface area (Å²) in [6, 6.07) is 10.00. The number of benzene rings is 1. The predicted octanol–water partition coefficient (Wildman–Crippen LogP) is 6.23. The molecule has 0 saturated carbocycles. The van der Waals surface area contributed by atoms with E-state index >= 15 is 0 Å². The molecule has 0 spiro atoms. The molecule has 6 heterocycles. The molecule has 1 aromatic carbocycles. The lowest BCUT2D eigenvalue weighted by Gasteiger charge is -2.41. The number of aryl methyl sites for hydroxylation is 1. The topological polar surface area (TPSA) is 107 Å². The highest BCUT2D eigenvalue weighted by Gasteiger charge is 2.37. The third kappa shape index (κ3) is 6.22. The lowest BCUT2D eigenvalue weighted by Crippen LogP contribution is -2.41. The van der Waals surface area contributed by atoms with Crippen LogP contribution in [-0.2, 0) is 16.1 Å².